The molecule has 0 atom stereocenters. The molecule has 3 aromatic heterocycles. The molecule has 1 aliphatic heterocycles. The fraction of sp³-hybridized carbons (Fsp3) is 0.100. The van der Waals surface area contributed by atoms with Crippen molar-refractivity contribution < 1.29 is 4.74 Å². The molecule has 1 aliphatic rings. The third-order valence-corrected chi connectivity index (χ3v) is 10.4. The molecular formula is C40H30N4OS. The third kappa shape index (κ3) is 4.07. The van der Waals surface area contributed by atoms with Crippen LogP contribution in [0.5, 0.6) is 11.5 Å². The Bertz CT molecular complexity index is 2470. The number of nitrogens with zero attached hydrogens (tertiary/aromatic N) is 4. The van der Waals surface area contributed by atoms with Crippen LogP contribution in [0.4, 0.5) is 17.2 Å². The van der Waals surface area contributed by atoms with Gasteiger partial charge in [0.25, 0.3) is 0 Å². The number of ether oxygens (including phenoxy) is 1. The standard InChI is InChI=1S/C40H30N4OS/c1-40(2)31-16-10-20-41-39(31)44(35-24-37-30(23-32(35)40)29-15-4-7-19-36(29)46-37)26-12-9-14-28(22-26)45-27-13-8-11-25(21-27)38-42-33-17-5-6-18-34(33)43(38)3/h4-24H,1-3H3. The largest absolute Gasteiger partial charge is 0.457 e. The maximum Gasteiger partial charge on any atom is 0.141 e. The fourth-order valence-corrected chi connectivity index (χ4v) is 8.08. The van der Waals surface area contributed by atoms with E-state index in [1.165, 1.54) is 31.3 Å². The molecule has 8 aromatic rings. The Morgan fingerprint density at radius 2 is 1.50 bits per heavy atom. The van der Waals surface area contributed by atoms with Crippen molar-refractivity contribution in [1.29, 1.82) is 0 Å². The van der Waals surface area contributed by atoms with Crippen LogP contribution < -0.4 is 9.64 Å². The number of para-hydroxylation sites is 2. The van der Waals surface area contributed by atoms with Gasteiger partial charge in [-0.3, -0.25) is 4.90 Å². The molecule has 0 amide bonds. The molecular weight excluding hydrogens is 585 g/mol. The molecule has 9 rings (SSSR count). The second kappa shape index (κ2) is 10.0. The first-order valence-corrected chi connectivity index (χ1v) is 16.3. The lowest BCUT2D eigenvalue weighted by Gasteiger charge is -2.41. The summed E-state index contributed by atoms with van der Waals surface area (Å²) in [6.07, 6.45) is 1.89. The van der Waals surface area contributed by atoms with Crippen molar-refractivity contribution in [3.63, 3.8) is 0 Å². The third-order valence-electron chi connectivity index (χ3n) is 9.27. The molecule has 0 aliphatic carbocycles. The number of pyridine rings is 1. The van der Waals surface area contributed by atoms with Crippen LogP contribution in [0.3, 0.4) is 0 Å². The highest BCUT2D eigenvalue weighted by Gasteiger charge is 2.38. The van der Waals surface area contributed by atoms with Crippen LogP contribution in [-0.4, -0.2) is 14.5 Å². The molecule has 0 fully saturated rings. The van der Waals surface area contributed by atoms with Crippen LogP contribution in [0, 0.1) is 0 Å². The summed E-state index contributed by atoms with van der Waals surface area (Å²) in [5.74, 6) is 3.36. The Morgan fingerprint density at radius 1 is 0.696 bits per heavy atom. The molecule has 5 aromatic carbocycles. The molecule has 0 saturated carbocycles. The first kappa shape index (κ1) is 26.9. The van der Waals surface area contributed by atoms with E-state index in [9.17, 15) is 0 Å². The van der Waals surface area contributed by atoms with E-state index in [0.717, 1.165) is 51.1 Å². The number of anilines is 3. The van der Waals surface area contributed by atoms with Crippen LogP contribution in [0.15, 0.2) is 128 Å². The van der Waals surface area contributed by atoms with Crippen molar-refractivity contribution in [2.45, 2.75) is 19.3 Å². The van der Waals surface area contributed by atoms with Gasteiger partial charge < -0.3 is 9.30 Å². The number of rotatable bonds is 4. The highest BCUT2D eigenvalue weighted by Crippen LogP contribution is 2.53. The minimum atomic E-state index is -0.225. The maximum absolute atomic E-state index is 6.53. The van der Waals surface area contributed by atoms with Crippen LogP contribution in [0.2, 0.25) is 0 Å². The van der Waals surface area contributed by atoms with Crippen molar-refractivity contribution in [1.82, 2.24) is 14.5 Å². The summed E-state index contributed by atoms with van der Waals surface area (Å²) in [5.41, 5.74) is 7.49. The van der Waals surface area contributed by atoms with Gasteiger partial charge in [-0.15, -0.1) is 11.3 Å². The van der Waals surface area contributed by atoms with Crippen LogP contribution >= 0.6 is 11.3 Å². The molecule has 0 N–H and O–H groups in total. The lowest BCUT2D eigenvalue weighted by atomic mass is 9.74. The Labute approximate surface area is 271 Å². The summed E-state index contributed by atoms with van der Waals surface area (Å²) >= 11 is 1.84. The first-order chi connectivity index (χ1) is 22.5. The van der Waals surface area contributed by atoms with Gasteiger partial charge in [-0.2, -0.15) is 0 Å². The number of thiophene rings is 1. The highest BCUT2D eigenvalue weighted by atomic mass is 32.1. The number of aromatic nitrogens is 3. The van der Waals surface area contributed by atoms with Gasteiger partial charge in [0, 0.05) is 56.0 Å². The van der Waals surface area contributed by atoms with Gasteiger partial charge in [-0.1, -0.05) is 68.4 Å². The van der Waals surface area contributed by atoms with Gasteiger partial charge in [0.15, 0.2) is 0 Å². The fourth-order valence-electron chi connectivity index (χ4n) is 6.95. The second-order valence-corrected chi connectivity index (χ2v) is 13.5. The number of hydrogen-bond donors (Lipinski definition) is 0. The molecule has 0 unspecified atom stereocenters. The van der Waals surface area contributed by atoms with Crippen molar-refractivity contribution in [3.8, 4) is 22.9 Å². The van der Waals surface area contributed by atoms with Gasteiger partial charge in [-0.05, 0) is 66.2 Å². The SMILES string of the molecule is Cn1c(-c2cccc(Oc3cccc(N4c5cc6sc7ccccc7c6cc5C(C)(C)c5cccnc54)c3)c2)nc2ccccc21. The minimum Gasteiger partial charge on any atom is -0.457 e. The van der Waals surface area contributed by atoms with Crippen molar-refractivity contribution in [2.24, 2.45) is 7.05 Å². The number of hydrogen-bond acceptors (Lipinski definition) is 5. The molecule has 5 nitrogen and oxygen atoms in total. The normalized spacial score (nSPS) is 13.7. The smallest absolute Gasteiger partial charge is 0.141 e. The number of fused-ring (bicyclic) bond motifs is 6. The maximum atomic E-state index is 6.53. The zero-order valence-electron chi connectivity index (χ0n) is 25.7. The lowest BCUT2D eigenvalue weighted by molar-refractivity contribution is 0.483. The van der Waals surface area contributed by atoms with Gasteiger partial charge in [0.1, 0.15) is 23.1 Å². The Balaban J connectivity index is 1.14. The van der Waals surface area contributed by atoms with E-state index in [2.05, 4.69) is 109 Å². The van der Waals surface area contributed by atoms with E-state index in [-0.39, 0.29) is 5.41 Å². The Kier molecular flexibility index (Phi) is 5.86. The molecule has 0 spiro atoms. The summed E-state index contributed by atoms with van der Waals surface area (Å²) in [4.78, 5) is 12.1. The molecule has 0 bridgehead atoms. The Hall–Kier alpha value is -5.46. The quantitative estimate of drug-likeness (QED) is 0.198. The van der Waals surface area contributed by atoms with E-state index >= 15 is 0 Å². The first-order valence-electron chi connectivity index (χ1n) is 15.5. The van der Waals surface area contributed by atoms with Gasteiger partial charge in [-0.25, -0.2) is 9.97 Å². The van der Waals surface area contributed by atoms with Crippen molar-refractivity contribution >= 4 is 59.7 Å². The van der Waals surface area contributed by atoms with E-state index in [0.29, 0.717) is 0 Å². The van der Waals surface area contributed by atoms with E-state index < -0.39 is 0 Å². The van der Waals surface area contributed by atoms with Crippen LogP contribution in [0.25, 0.3) is 42.6 Å². The lowest BCUT2D eigenvalue weighted by Crippen LogP contribution is -2.31. The molecule has 46 heavy (non-hydrogen) atoms. The molecule has 0 radical (unpaired) electrons. The van der Waals surface area contributed by atoms with Gasteiger partial charge in [0.05, 0.1) is 22.4 Å². The predicted molar refractivity (Wildman–Crippen MR) is 190 cm³/mol. The van der Waals surface area contributed by atoms with E-state index in [1.807, 2.05) is 60.0 Å². The second-order valence-electron chi connectivity index (χ2n) is 12.4. The topological polar surface area (TPSA) is 43.2 Å². The zero-order valence-corrected chi connectivity index (χ0v) is 26.5. The summed E-state index contributed by atoms with van der Waals surface area (Å²) in [6, 6.07) is 42.4. The number of aryl methyl sites for hydroxylation is 1. The summed E-state index contributed by atoms with van der Waals surface area (Å²) in [5, 5.41) is 2.61. The average Bonchev–Trinajstić information content (AvgIpc) is 3.62. The molecule has 222 valence electrons. The summed E-state index contributed by atoms with van der Waals surface area (Å²) < 4.78 is 11.2. The summed E-state index contributed by atoms with van der Waals surface area (Å²) in [6.45, 7) is 4.61. The van der Waals surface area contributed by atoms with Gasteiger partial charge >= 0.3 is 0 Å². The zero-order chi connectivity index (χ0) is 31.0. The summed E-state index contributed by atoms with van der Waals surface area (Å²) in [7, 11) is 2.05. The molecule has 6 heteroatoms. The minimum absolute atomic E-state index is 0.225. The number of imidazole rings is 1. The monoisotopic (exact) mass is 614 g/mol. The highest BCUT2D eigenvalue weighted by molar-refractivity contribution is 7.25. The average molecular weight is 615 g/mol. The molecule has 0 saturated heterocycles. The van der Waals surface area contributed by atoms with Crippen LogP contribution in [0.1, 0.15) is 25.0 Å². The molecule has 4 heterocycles. The van der Waals surface area contributed by atoms with Crippen molar-refractivity contribution in [3.05, 3.63) is 139 Å². The Morgan fingerprint density at radius 3 is 2.39 bits per heavy atom. The van der Waals surface area contributed by atoms with Crippen molar-refractivity contribution in [2.75, 3.05) is 4.90 Å². The van der Waals surface area contributed by atoms with E-state index in [1.54, 1.807) is 0 Å². The van der Waals surface area contributed by atoms with Crippen LogP contribution in [-0.2, 0) is 12.5 Å². The van der Waals surface area contributed by atoms with E-state index in [4.69, 9.17) is 14.7 Å². The van der Waals surface area contributed by atoms with Gasteiger partial charge in [0.2, 0.25) is 0 Å². The predicted octanol–water partition coefficient (Wildman–Crippen LogP) is 10.9. The number of benzene rings is 5.